The highest BCUT2D eigenvalue weighted by atomic mass is 16.3. The van der Waals surface area contributed by atoms with Crippen LogP contribution in [0.25, 0.3) is 0 Å². The van der Waals surface area contributed by atoms with Crippen LogP contribution in [0.3, 0.4) is 0 Å². The molecule has 3 heteroatoms. The standard InChI is InChI=1S/C15H26N2O/c1-12-6-4-5-7-14(12)15(16)9-11-17(3)10-8-13(2)18/h4-7,13,15,18H,8-11,16H2,1-3H3. The lowest BCUT2D eigenvalue weighted by Gasteiger charge is -2.21. The Bertz CT molecular complexity index is 352. The molecular weight excluding hydrogens is 224 g/mol. The molecule has 0 spiro atoms. The second-order valence-electron chi connectivity index (χ2n) is 5.19. The Hall–Kier alpha value is -0.900. The Kier molecular flexibility index (Phi) is 6.33. The molecule has 2 unspecified atom stereocenters. The van der Waals surface area contributed by atoms with Gasteiger partial charge in [-0.15, -0.1) is 0 Å². The minimum absolute atomic E-state index is 0.0974. The van der Waals surface area contributed by atoms with Gasteiger partial charge in [0.05, 0.1) is 6.10 Å². The van der Waals surface area contributed by atoms with Crippen LogP contribution in [0.4, 0.5) is 0 Å². The van der Waals surface area contributed by atoms with Gasteiger partial charge in [0.1, 0.15) is 0 Å². The molecule has 1 aromatic rings. The number of hydrogen-bond acceptors (Lipinski definition) is 3. The fourth-order valence-corrected chi connectivity index (χ4v) is 2.04. The number of rotatable bonds is 7. The van der Waals surface area contributed by atoms with Gasteiger partial charge in [-0.25, -0.2) is 0 Å². The Morgan fingerprint density at radius 1 is 1.22 bits per heavy atom. The van der Waals surface area contributed by atoms with Crippen LogP contribution >= 0.6 is 0 Å². The predicted octanol–water partition coefficient (Wildman–Crippen LogP) is 2.09. The van der Waals surface area contributed by atoms with Crippen molar-refractivity contribution in [3.8, 4) is 0 Å². The van der Waals surface area contributed by atoms with Crippen molar-refractivity contribution in [2.75, 3.05) is 20.1 Å². The molecule has 0 saturated heterocycles. The van der Waals surface area contributed by atoms with E-state index in [1.54, 1.807) is 0 Å². The van der Waals surface area contributed by atoms with Gasteiger partial charge in [-0.05, 0) is 51.4 Å². The van der Waals surface area contributed by atoms with Gasteiger partial charge in [0.2, 0.25) is 0 Å². The van der Waals surface area contributed by atoms with Crippen LogP contribution < -0.4 is 5.73 Å². The maximum atomic E-state index is 9.24. The number of nitrogens with zero attached hydrogens (tertiary/aromatic N) is 1. The van der Waals surface area contributed by atoms with Crippen LogP contribution in [0.15, 0.2) is 24.3 Å². The Morgan fingerprint density at radius 3 is 2.44 bits per heavy atom. The van der Waals surface area contributed by atoms with E-state index < -0.39 is 0 Å². The molecule has 18 heavy (non-hydrogen) atoms. The minimum Gasteiger partial charge on any atom is -0.393 e. The van der Waals surface area contributed by atoms with Crippen LogP contribution in [0.1, 0.15) is 36.9 Å². The quantitative estimate of drug-likeness (QED) is 0.779. The van der Waals surface area contributed by atoms with E-state index in [1.807, 2.05) is 19.1 Å². The van der Waals surface area contributed by atoms with Gasteiger partial charge in [-0.3, -0.25) is 0 Å². The zero-order valence-electron chi connectivity index (χ0n) is 11.8. The van der Waals surface area contributed by atoms with Crippen molar-refractivity contribution in [3.63, 3.8) is 0 Å². The molecule has 0 aromatic heterocycles. The molecule has 0 aliphatic carbocycles. The van der Waals surface area contributed by atoms with E-state index in [4.69, 9.17) is 5.73 Å². The molecule has 0 amide bonds. The zero-order chi connectivity index (χ0) is 13.5. The monoisotopic (exact) mass is 250 g/mol. The first-order valence-corrected chi connectivity index (χ1v) is 6.68. The molecule has 3 nitrogen and oxygen atoms in total. The Balaban J connectivity index is 2.37. The van der Waals surface area contributed by atoms with E-state index >= 15 is 0 Å². The van der Waals surface area contributed by atoms with Gasteiger partial charge in [0.25, 0.3) is 0 Å². The molecule has 0 radical (unpaired) electrons. The average molecular weight is 250 g/mol. The van der Waals surface area contributed by atoms with Crippen molar-refractivity contribution in [2.45, 2.75) is 38.8 Å². The molecule has 3 N–H and O–H groups in total. The first-order valence-electron chi connectivity index (χ1n) is 6.68. The summed E-state index contributed by atoms with van der Waals surface area (Å²) in [4.78, 5) is 2.23. The van der Waals surface area contributed by atoms with Crippen molar-refractivity contribution in [3.05, 3.63) is 35.4 Å². The van der Waals surface area contributed by atoms with E-state index in [0.29, 0.717) is 0 Å². The normalized spacial score (nSPS) is 14.8. The molecule has 1 aromatic carbocycles. The number of aryl methyl sites for hydroxylation is 1. The highest BCUT2D eigenvalue weighted by molar-refractivity contribution is 5.28. The van der Waals surface area contributed by atoms with Crippen LogP contribution in [0, 0.1) is 6.92 Å². The molecule has 0 aliphatic rings. The van der Waals surface area contributed by atoms with E-state index in [0.717, 1.165) is 25.9 Å². The third-order valence-corrected chi connectivity index (χ3v) is 3.34. The number of nitrogens with two attached hydrogens (primary N) is 1. The maximum Gasteiger partial charge on any atom is 0.0524 e. The molecule has 2 atom stereocenters. The maximum absolute atomic E-state index is 9.24. The third-order valence-electron chi connectivity index (χ3n) is 3.34. The topological polar surface area (TPSA) is 49.5 Å². The van der Waals surface area contributed by atoms with Crippen molar-refractivity contribution in [2.24, 2.45) is 5.73 Å². The highest BCUT2D eigenvalue weighted by Crippen LogP contribution is 2.18. The minimum atomic E-state index is -0.225. The van der Waals surface area contributed by atoms with Crippen LogP contribution in [-0.4, -0.2) is 36.2 Å². The van der Waals surface area contributed by atoms with Crippen LogP contribution in [0.2, 0.25) is 0 Å². The first-order chi connectivity index (χ1) is 8.50. The predicted molar refractivity (Wildman–Crippen MR) is 76.5 cm³/mol. The van der Waals surface area contributed by atoms with Crippen LogP contribution in [0.5, 0.6) is 0 Å². The number of benzene rings is 1. The molecule has 0 aliphatic heterocycles. The zero-order valence-corrected chi connectivity index (χ0v) is 11.8. The Labute approximate surface area is 111 Å². The smallest absolute Gasteiger partial charge is 0.0524 e. The van der Waals surface area contributed by atoms with Gasteiger partial charge < -0.3 is 15.7 Å². The molecule has 0 fully saturated rings. The summed E-state index contributed by atoms with van der Waals surface area (Å²) in [5.74, 6) is 0. The lowest BCUT2D eigenvalue weighted by Crippen LogP contribution is -2.26. The summed E-state index contributed by atoms with van der Waals surface area (Å²) in [6.07, 6.45) is 1.54. The molecular formula is C15H26N2O. The molecule has 0 bridgehead atoms. The lowest BCUT2D eigenvalue weighted by molar-refractivity contribution is 0.163. The third kappa shape index (κ3) is 5.17. The number of aliphatic hydroxyl groups excluding tert-OH is 1. The summed E-state index contributed by atoms with van der Waals surface area (Å²) >= 11 is 0. The Morgan fingerprint density at radius 2 is 1.83 bits per heavy atom. The number of aliphatic hydroxyl groups is 1. The van der Waals surface area contributed by atoms with Crippen molar-refractivity contribution in [1.82, 2.24) is 4.90 Å². The lowest BCUT2D eigenvalue weighted by atomic mass is 9.99. The van der Waals surface area contributed by atoms with E-state index in [1.165, 1.54) is 11.1 Å². The summed E-state index contributed by atoms with van der Waals surface area (Å²) in [6.45, 7) is 5.81. The molecule has 0 saturated carbocycles. The fraction of sp³-hybridized carbons (Fsp3) is 0.600. The van der Waals surface area contributed by atoms with E-state index in [-0.39, 0.29) is 12.1 Å². The molecule has 1 rings (SSSR count). The summed E-state index contributed by atoms with van der Waals surface area (Å²) in [5, 5.41) is 9.24. The second kappa shape index (κ2) is 7.52. The van der Waals surface area contributed by atoms with Crippen molar-refractivity contribution < 1.29 is 5.11 Å². The fourth-order valence-electron chi connectivity index (χ4n) is 2.04. The van der Waals surface area contributed by atoms with Gasteiger partial charge in [-0.2, -0.15) is 0 Å². The van der Waals surface area contributed by atoms with E-state index in [9.17, 15) is 5.11 Å². The number of hydrogen-bond donors (Lipinski definition) is 2. The summed E-state index contributed by atoms with van der Waals surface area (Å²) < 4.78 is 0. The van der Waals surface area contributed by atoms with Gasteiger partial charge in [-0.1, -0.05) is 24.3 Å². The highest BCUT2D eigenvalue weighted by Gasteiger charge is 2.09. The van der Waals surface area contributed by atoms with Gasteiger partial charge in [0, 0.05) is 12.6 Å². The molecule has 0 heterocycles. The largest absolute Gasteiger partial charge is 0.393 e. The molecule has 102 valence electrons. The average Bonchev–Trinajstić information content (AvgIpc) is 2.34. The van der Waals surface area contributed by atoms with E-state index in [2.05, 4.69) is 31.0 Å². The van der Waals surface area contributed by atoms with Crippen molar-refractivity contribution in [1.29, 1.82) is 0 Å². The van der Waals surface area contributed by atoms with Gasteiger partial charge >= 0.3 is 0 Å². The SMILES string of the molecule is Cc1ccccc1C(N)CCN(C)CCC(C)O. The summed E-state index contributed by atoms with van der Waals surface area (Å²) in [7, 11) is 2.08. The van der Waals surface area contributed by atoms with Crippen LogP contribution in [-0.2, 0) is 0 Å². The summed E-state index contributed by atoms with van der Waals surface area (Å²) in [5.41, 5.74) is 8.72. The van der Waals surface area contributed by atoms with Crippen molar-refractivity contribution >= 4 is 0 Å². The second-order valence-corrected chi connectivity index (χ2v) is 5.19. The first kappa shape index (κ1) is 15.2. The van der Waals surface area contributed by atoms with Gasteiger partial charge in [0.15, 0.2) is 0 Å². The summed E-state index contributed by atoms with van der Waals surface area (Å²) in [6, 6.07) is 8.39.